The summed E-state index contributed by atoms with van der Waals surface area (Å²) in [5, 5.41) is 12.0. The SMILES string of the molecule is CN(C(=O)Oc1c(-c2cn(CCOCCOCC(=O)Nc3cccc4c3C(=O)N(C3CCC(=O)NC3=O)C4=O)nn2)cc(C(F)(F)F)cc1C(F)(F)F)c1ccc(F)cc1. The van der Waals surface area contributed by atoms with E-state index in [0.29, 0.717) is 11.0 Å². The monoisotopic (exact) mass is 849 g/mol. The van der Waals surface area contributed by atoms with Gasteiger partial charge in [-0.3, -0.25) is 39.1 Å². The van der Waals surface area contributed by atoms with Crippen LogP contribution in [0.5, 0.6) is 5.75 Å². The maximum atomic E-state index is 14.2. The molecule has 0 saturated carbocycles. The first-order valence-electron chi connectivity index (χ1n) is 17.6. The van der Waals surface area contributed by atoms with Gasteiger partial charge in [0.25, 0.3) is 11.8 Å². The fourth-order valence-corrected chi connectivity index (χ4v) is 6.11. The average molecular weight is 850 g/mol. The molecule has 2 N–H and O–H groups in total. The van der Waals surface area contributed by atoms with E-state index in [4.69, 9.17) is 14.2 Å². The number of nitrogens with one attached hydrogen (secondary N) is 2. The number of imide groups is 2. The van der Waals surface area contributed by atoms with Crippen LogP contribution in [0.4, 0.5) is 46.9 Å². The highest BCUT2D eigenvalue weighted by molar-refractivity contribution is 6.26. The highest BCUT2D eigenvalue weighted by Gasteiger charge is 2.46. The number of carbonyl (C=O) groups excluding carboxylic acids is 6. The summed E-state index contributed by atoms with van der Waals surface area (Å²) in [6.07, 6.45) is -11.3. The van der Waals surface area contributed by atoms with Crippen molar-refractivity contribution in [2.45, 2.75) is 37.8 Å². The van der Waals surface area contributed by atoms with E-state index in [9.17, 15) is 59.5 Å². The van der Waals surface area contributed by atoms with Gasteiger partial charge in [-0.25, -0.2) is 13.9 Å². The van der Waals surface area contributed by atoms with Gasteiger partial charge in [0.15, 0.2) is 5.75 Å². The minimum atomic E-state index is -5.44. The van der Waals surface area contributed by atoms with Gasteiger partial charge in [0.1, 0.15) is 24.2 Å². The third-order valence-corrected chi connectivity index (χ3v) is 9.03. The van der Waals surface area contributed by atoms with E-state index >= 15 is 0 Å². The maximum absolute atomic E-state index is 14.2. The van der Waals surface area contributed by atoms with Crippen LogP contribution in [-0.2, 0) is 42.8 Å². The summed E-state index contributed by atoms with van der Waals surface area (Å²) in [4.78, 5) is 77.2. The maximum Gasteiger partial charge on any atom is 0.420 e. The molecule has 0 radical (unpaired) electrons. The topological polar surface area (TPSA) is 191 Å². The number of fused-ring (bicyclic) bond motifs is 1. The van der Waals surface area contributed by atoms with Crippen molar-refractivity contribution >= 4 is 47.0 Å². The van der Waals surface area contributed by atoms with Crippen molar-refractivity contribution in [2.24, 2.45) is 0 Å². The summed E-state index contributed by atoms with van der Waals surface area (Å²) < 4.78 is 114. The first-order valence-corrected chi connectivity index (χ1v) is 17.6. The minimum absolute atomic E-state index is 0.00359. The van der Waals surface area contributed by atoms with Gasteiger partial charge in [-0.2, -0.15) is 26.3 Å². The van der Waals surface area contributed by atoms with Crippen LogP contribution in [0.15, 0.2) is 60.8 Å². The van der Waals surface area contributed by atoms with Crippen molar-refractivity contribution in [3.8, 4) is 17.0 Å². The Morgan fingerprint density at radius 1 is 0.917 bits per heavy atom. The third kappa shape index (κ3) is 9.41. The van der Waals surface area contributed by atoms with Gasteiger partial charge >= 0.3 is 18.4 Å². The summed E-state index contributed by atoms with van der Waals surface area (Å²) in [5.41, 5.74) is -5.22. The molecule has 0 aliphatic carbocycles. The lowest BCUT2D eigenvalue weighted by Crippen LogP contribution is -2.54. The molecule has 1 unspecified atom stereocenters. The Hall–Kier alpha value is -6.75. The van der Waals surface area contributed by atoms with Crippen LogP contribution in [0.3, 0.4) is 0 Å². The number of aromatic nitrogens is 3. The Labute approximate surface area is 333 Å². The second-order valence-electron chi connectivity index (χ2n) is 13.1. The Bertz CT molecular complexity index is 2350. The molecule has 2 aliphatic rings. The predicted molar refractivity (Wildman–Crippen MR) is 190 cm³/mol. The van der Waals surface area contributed by atoms with E-state index < -0.39 is 94.6 Å². The molecule has 316 valence electrons. The van der Waals surface area contributed by atoms with Crippen molar-refractivity contribution in [1.29, 1.82) is 0 Å². The molecule has 16 nitrogen and oxygen atoms in total. The van der Waals surface area contributed by atoms with E-state index in [1.807, 2.05) is 0 Å². The van der Waals surface area contributed by atoms with Gasteiger partial charge in [-0.1, -0.05) is 11.3 Å². The van der Waals surface area contributed by atoms with Crippen LogP contribution in [-0.4, -0.2) is 95.0 Å². The van der Waals surface area contributed by atoms with Crippen molar-refractivity contribution in [3.05, 3.63) is 88.9 Å². The average Bonchev–Trinajstić information content (AvgIpc) is 3.75. The standard InChI is InChI=1S/C37H30F7N7O9/c1-49(21-7-5-20(38)6-8-21)35(57)60-31-23(15-19(36(39,40)41)16-24(31)37(42,43)44)26-17-50(48-47-26)11-12-58-13-14-59-18-29(53)45-25-4-2-3-22-30(25)34(56)51(33(22)55)27-9-10-28(52)46-32(27)54/h2-8,15-17,27H,9-14,18H2,1H3,(H,45,53)(H,46,52,54). The zero-order valence-electron chi connectivity index (χ0n) is 30.9. The van der Waals surface area contributed by atoms with Crippen molar-refractivity contribution in [3.63, 3.8) is 0 Å². The first-order chi connectivity index (χ1) is 28.3. The van der Waals surface area contributed by atoms with E-state index in [1.165, 1.54) is 18.2 Å². The normalized spacial score (nSPS) is 15.5. The lowest BCUT2D eigenvalue weighted by atomic mass is 10.0. The number of alkyl halides is 6. The number of piperidine rings is 1. The number of anilines is 2. The Balaban J connectivity index is 1.04. The van der Waals surface area contributed by atoms with E-state index in [-0.39, 0.29) is 67.8 Å². The van der Waals surface area contributed by atoms with Crippen LogP contribution >= 0.6 is 0 Å². The van der Waals surface area contributed by atoms with Crippen LogP contribution in [0.1, 0.15) is 44.7 Å². The van der Waals surface area contributed by atoms with Crippen LogP contribution in [0.25, 0.3) is 11.3 Å². The molecule has 1 saturated heterocycles. The van der Waals surface area contributed by atoms with Gasteiger partial charge in [-0.15, -0.1) is 5.10 Å². The number of halogens is 7. The Morgan fingerprint density at radius 2 is 1.63 bits per heavy atom. The molecule has 4 aromatic rings. The number of rotatable bonds is 13. The number of hydrogen-bond donors (Lipinski definition) is 2. The number of carbonyl (C=O) groups is 6. The molecular weight excluding hydrogens is 819 g/mol. The van der Waals surface area contributed by atoms with E-state index in [0.717, 1.165) is 47.1 Å². The molecule has 0 spiro atoms. The summed E-state index contributed by atoms with van der Waals surface area (Å²) in [6.45, 7) is -1.03. The second kappa shape index (κ2) is 17.2. The number of hydrogen-bond acceptors (Lipinski definition) is 11. The minimum Gasteiger partial charge on any atom is -0.409 e. The second-order valence-corrected chi connectivity index (χ2v) is 13.1. The predicted octanol–water partition coefficient (Wildman–Crippen LogP) is 4.83. The fourth-order valence-electron chi connectivity index (χ4n) is 6.11. The summed E-state index contributed by atoms with van der Waals surface area (Å²) >= 11 is 0. The zero-order valence-corrected chi connectivity index (χ0v) is 30.9. The largest absolute Gasteiger partial charge is 0.420 e. The zero-order chi connectivity index (χ0) is 43.5. The summed E-state index contributed by atoms with van der Waals surface area (Å²) in [7, 11) is 1.09. The van der Waals surface area contributed by atoms with E-state index in [1.54, 1.807) is 0 Å². The van der Waals surface area contributed by atoms with Gasteiger partial charge in [0.05, 0.1) is 60.5 Å². The lowest BCUT2D eigenvalue weighted by Gasteiger charge is -2.27. The fraction of sp³-hybridized carbons (Fsp3) is 0.297. The van der Waals surface area contributed by atoms with Crippen molar-refractivity contribution in [2.75, 3.05) is 43.7 Å². The van der Waals surface area contributed by atoms with Crippen molar-refractivity contribution in [1.82, 2.24) is 25.2 Å². The van der Waals surface area contributed by atoms with Gasteiger partial charge < -0.3 is 19.5 Å². The summed E-state index contributed by atoms with van der Waals surface area (Å²) in [6, 6.07) is 7.25. The molecule has 1 fully saturated rings. The number of benzene rings is 3. The van der Waals surface area contributed by atoms with Crippen molar-refractivity contribution < 1.29 is 73.7 Å². The molecule has 1 atom stereocenters. The smallest absolute Gasteiger partial charge is 0.409 e. The highest BCUT2D eigenvalue weighted by atomic mass is 19.4. The van der Waals surface area contributed by atoms with Crippen LogP contribution in [0, 0.1) is 5.82 Å². The molecule has 3 aromatic carbocycles. The molecule has 23 heteroatoms. The highest BCUT2D eigenvalue weighted by Crippen LogP contribution is 2.46. The molecule has 6 amide bonds. The lowest BCUT2D eigenvalue weighted by molar-refractivity contribution is -0.143. The number of nitrogens with zero attached hydrogens (tertiary/aromatic N) is 5. The molecular formula is C37H30F7N7O9. The molecule has 60 heavy (non-hydrogen) atoms. The first kappa shape index (κ1) is 42.8. The van der Waals surface area contributed by atoms with Crippen LogP contribution in [0.2, 0.25) is 0 Å². The molecule has 0 bridgehead atoms. The van der Waals surface area contributed by atoms with Crippen LogP contribution < -0.4 is 20.3 Å². The van der Waals surface area contributed by atoms with Gasteiger partial charge in [0.2, 0.25) is 17.7 Å². The van der Waals surface area contributed by atoms with Gasteiger partial charge in [0, 0.05) is 24.7 Å². The third-order valence-electron chi connectivity index (χ3n) is 9.03. The molecule has 6 rings (SSSR count). The number of ether oxygens (including phenoxy) is 3. The quantitative estimate of drug-likeness (QED) is 0.106. The Kier molecular flexibility index (Phi) is 12.3. The molecule has 2 aliphatic heterocycles. The molecule has 1 aromatic heterocycles. The number of amides is 6. The van der Waals surface area contributed by atoms with E-state index in [2.05, 4.69) is 20.9 Å². The molecule has 3 heterocycles. The van der Waals surface area contributed by atoms with Gasteiger partial charge in [-0.05, 0) is 55.0 Å². The summed E-state index contributed by atoms with van der Waals surface area (Å²) in [5.74, 6) is -5.60. The Morgan fingerprint density at radius 3 is 2.32 bits per heavy atom.